The zero-order valence-electron chi connectivity index (χ0n) is 10.1. The third-order valence-electron chi connectivity index (χ3n) is 3.32. The minimum Gasteiger partial charge on any atom is -0.354 e. The molecule has 0 unspecified atom stereocenters. The van der Waals surface area contributed by atoms with Crippen molar-refractivity contribution in [1.82, 2.24) is 10.3 Å². The largest absolute Gasteiger partial charge is 0.354 e. The molecule has 3 nitrogen and oxygen atoms in total. The summed E-state index contributed by atoms with van der Waals surface area (Å²) >= 11 is 0. The van der Waals surface area contributed by atoms with Crippen molar-refractivity contribution in [1.29, 1.82) is 0 Å². The van der Waals surface area contributed by atoms with E-state index in [1.54, 1.807) is 0 Å². The fourth-order valence-electron chi connectivity index (χ4n) is 2.41. The molecule has 0 saturated carbocycles. The molecule has 3 rings (SSSR count). The third kappa shape index (κ3) is 1.98. The monoisotopic (exact) mass is 227 g/mol. The summed E-state index contributed by atoms with van der Waals surface area (Å²) in [7, 11) is 0. The number of nitrogens with one attached hydrogen (secondary N) is 1. The van der Waals surface area contributed by atoms with Gasteiger partial charge in [-0.25, -0.2) is 4.98 Å². The molecule has 3 heteroatoms. The standard InChI is InChI=1S/C14H17N3/c1-11-2-3-13-12(10-11)4-5-16-14(13)17-8-6-15-7-9-17/h2-5,10,15H,6-9H2,1H3. The van der Waals surface area contributed by atoms with Crippen molar-refractivity contribution < 1.29 is 0 Å². The fourth-order valence-corrected chi connectivity index (χ4v) is 2.41. The van der Waals surface area contributed by atoms with Crippen molar-refractivity contribution >= 4 is 16.6 Å². The summed E-state index contributed by atoms with van der Waals surface area (Å²) in [5.74, 6) is 1.13. The maximum Gasteiger partial charge on any atom is 0.136 e. The first-order valence-corrected chi connectivity index (χ1v) is 6.16. The molecule has 17 heavy (non-hydrogen) atoms. The van der Waals surface area contributed by atoms with Gasteiger partial charge in [0.05, 0.1) is 0 Å². The Kier molecular flexibility index (Phi) is 2.69. The van der Waals surface area contributed by atoms with Crippen molar-refractivity contribution in [3.8, 4) is 0 Å². The summed E-state index contributed by atoms with van der Waals surface area (Å²) in [5.41, 5.74) is 1.30. The highest BCUT2D eigenvalue weighted by molar-refractivity contribution is 5.92. The van der Waals surface area contributed by atoms with Gasteiger partial charge in [-0.3, -0.25) is 0 Å². The van der Waals surface area contributed by atoms with Gasteiger partial charge in [-0.2, -0.15) is 0 Å². The Labute approximate surface area is 101 Å². The number of rotatable bonds is 1. The lowest BCUT2D eigenvalue weighted by molar-refractivity contribution is 0.586. The van der Waals surface area contributed by atoms with Crippen LogP contribution in [0, 0.1) is 6.92 Å². The number of aryl methyl sites for hydroxylation is 1. The number of pyridine rings is 1. The van der Waals surface area contributed by atoms with Crippen LogP contribution in [0.3, 0.4) is 0 Å². The molecule has 0 aliphatic carbocycles. The van der Waals surface area contributed by atoms with Crippen LogP contribution < -0.4 is 10.2 Å². The Morgan fingerprint density at radius 3 is 2.82 bits per heavy atom. The molecule has 2 aromatic rings. The molecule has 0 bridgehead atoms. The summed E-state index contributed by atoms with van der Waals surface area (Å²) in [6.45, 7) is 6.30. The number of fused-ring (bicyclic) bond motifs is 1. The Bertz CT molecular complexity index is 530. The smallest absolute Gasteiger partial charge is 0.136 e. The molecular weight excluding hydrogens is 210 g/mol. The van der Waals surface area contributed by atoms with Crippen molar-refractivity contribution in [3.63, 3.8) is 0 Å². The highest BCUT2D eigenvalue weighted by Gasteiger charge is 2.13. The fraction of sp³-hybridized carbons (Fsp3) is 0.357. The minimum absolute atomic E-state index is 1.04. The van der Waals surface area contributed by atoms with Crippen LogP contribution in [0.25, 0.3) is 10.8 Å². The van der Waals surface area contributed by atoms with E-state index in [1.165, 1.54) is 16.3 Å². The molecular formula is C14H17N3. The number of hydrogen-bond donors (Lipinski definition) is 1. The van der Waals surface area contributed by atoms with Gasteiger partial charge in [-0.1, -0.05) is 23.8 Å². The third-order valence-corrected chi connectivity index (χ3v) is 3.32. The molecule has 1 aromatic carbocycles. The Hall–Kier alpha value is -1.61. The second kappa shape index (κ2) is 4.34. The van der Waals surface area contributed by atoms with Crippen molar-refractivity contribution in [2.45, 2.75) is 6.92 Å². The average Bonchev–Trinajstić information content (AvgIpc) is 2.39. The van der Waals surface area contributed by atoms with Crippen molar-refractivity contribution in [3.05, 3.63) is 36.0 Å². The molecule has 2 heterocycles. The average molecular weight is 227 g/mol. The topological polar surface area (TPSA) is 28.2 Å². The summed E-state index contributed by atoms with van der Waals surface area (Å²) in [6, 6.07) is 8.67. The zero-order chi connectivity index (χ0) is 11.7. The van der Waals surface area contributed by atoms with Gasteiger partial charge in [0.15, 0.2) is 0 Å². The molecule has 1 N–H and O–H groups in total. The zero-order valence-corrected chi connectivity index (χ0v) is 10.1. The Morgan fingerprint density at radius 1 is 1.18 bits per heavy atom. The van der Waals surface area contributed by atoms with Gasteiger partial charge >= 0.3 is 0 Å². The molecule has 0 amide bonds. The lowest BCUT2D eigenvalue weighted by atomic mass is 10.1. The predicted molar refractivity (Wildman–Crippen MR) is 71.6 cm³/mol. The van der Waals surface area contributed by atoms with E-state index >= 15 is 0 Å². The number of aromatic nitrogens is 1. The molecule has 0 atom stereocenters. The Balaban J connectivity index is 2.09. The molecule has 1 aromatic heterocycles. The predicted octanol–water partition coefficient (Wildman–Crippen LogP) is 1.95. The van der Waals surface area contributed by atoms with Gasteiger partial charge < -0.3 is 10.2 Å². The lowest BCUT2D eigenvalue weighted by Gasteiger charge is -2.29. The van der Waals surface area contributed by atoms with E-state index in [4.69, 9.17) is 0 Å². The van der Waals surface area contributed by atoms with Crippen LogP contribution in [-0.4, -0.2) is 31.2 Å². The second-order valence-corrected chi connectivity index (χ2v) is 4.60. The first-order valence-electron chi connectivity index (χ1n) is 6.16. The van der Waals surface area contributed by atoms with Gasteiger partial charge in [-0.15, -0.1) is 0 Å². The van der Waals surface area contributed by atoms with E-state index in [9.17, 15) is 0 Å². The van der Waals surface area contributed by atoms with Crippen LogP contribution in [0.1, 0.15) is 5.56 Å². The highest BCUT2D eigenvalue weighted by atomic mass is 15.2. The first kappa shape index (κ1) is 10.5. The first-order chi connectivity index (χ1) is 8.34. The van der Waals surface area contributed by atoms with Crippen molar-refractivity contribution in [2.24, 2.45) is 0 Å². The molecule has 1 aliphatic heterocycles. The van der Waals surface area contributed by atoms with E-state index in [0.29, 0.717) is 0 Å². The number of nitrogens with zero attached hydrogens (tertiary/aromatic N) is 2. The maximum atomic E-state index is 4.56. The lowest BCUT2D eigenvalue weighted by Crippen LogP contribution is -2.43. The van der Waals surface area contributed by atoms with Gasteiger partial charge in [0, 0.05) is 37.8 Å². The van der Waals surface area contributed by atoms with Crippen LogP contribution in [0.15, 0.2) is 30.5 Å². The van der Waals surface area contributed by atoms with E-state index in [-0.39, 0.29) is 0 Å². The van der Waals surface area contributed by atoms with Gasteiger partial charge in [-0.05, 0) is 18.4 Å². The normalized spacial score (nSPS) is 16.4. The quantitative estimate of drug-likeness (QED) is 0.807. The van der Waals surface area contributed by atoms with Crippen LogP contribution in [0.5, 0.6) is 0 Å². The van der Waals surface area contributed by atoms with Crippen LogP contribution >= 0.6 is 0 Å². The minimum atomic E-state index is 1.04. The van der Waals surface area contributed by atoms with E-state index < -0.39 is 0 Å². The molecule has 1 aliphatic rings. The molecule has 0 spiro atoms. The Morgan fingerprint density at radius 2 is 2.00 bits per heavy atom. The van der Waals surface area contributed by atoms with E-state index in [0.717, 1.165) is 32.0 Å². The van der Waals surface area contributed by atoms with Crippen LogP contribution in [0.2, 0.25) is 0 Å². The molecule has 1 saturated heterocycles. The highest BCUT2D eigenvalue weighted by Crippen LogP contribution is 2.25. The number of benzene rings is 1. The molecule has 1 fully saturated rings. The maximum absolute atomic E-state index is 4.56. The summed E-state index contributed by atoms with van der Waals surface area (Å²) < 4.78 is 0. The van der Waals surface area contributed by atoms with E-state index in [1.807, 2.05) is 6.20 Å². The number of anilines is 1. The molecule has 0 radical (unpaired) electrons. The summed E-state index contributed by atoms with van der Waals surface area (Å²) in [5, 5.41) is 5.92. The molecule has 88 valence electrons. The number of hydrogen-bond acceptors (Lipinski definition) is 3. The van der Waals surface area contributed by atoms with Crippen molar-refractivity contribution in [2.75, 3.05) is 31.1 Å². The van der Waals surface area contributed by atoms with Crippen LogP contribution in [-0.2, 0) is 0 Å². The van der Waals surface area contributed by atoms with Gasteiger partial charge in [0.1, 0.15) is 5.82 Å². The summed E-state index contributed by atoms with van der Waals surface area (Å²) in [6.07, 6.45) is 1.92. The van der Waals surface area contributed by atoms with Gasteiger partial charge in [0.25, 0.3) is 0 Å². The summed E-state index contributed by atoms with van der Waals surface area (Å²) in [4.78, 5) is 6.93. The number of piperazine rings is 1. The SMILES string of the molecule is Cc1ccc2c(N3CCNCC3)nccc2c1. The van der Waals surface area contributed by atoms with E-state index in [2.05, 4.69) is 46.4 Å². The second-order valence-electron chi connectivity index (χ2n) is 4.60. The van der Waals surface area contributed by atoms with Gasteiger partial charge in [0.2, 0.25) is 0 Å². The van der Waals surface area contributed by atoms with Crippen LogP contribution in [0.4, 0.5) is 5.82 Å².